The fraction of sp³-hybridized carbons (Fsp3) is 0.176. The van der Waals surface area contributed by atoms with Crippen molar-refractivity contribution in [3.63, 3.8) is 0 Å². The third kappa shape index (κ3) is 2.89. The predicted molar refractivity (Wildman–Crippen MR) is 81.0 cm³/mol. The smallest absolute Gasteiger partial charge is 0.274 e. The molecule has 0 aromatic heterocycles. The van der Waals surface area contributed by atoms with E-state index < -0.39 is 5.82 Å². The summed E-state index contributed by atoms with van der Waals surface area (Å²) >= 11 is 0. The molecule has 0 aliphatic carbocycles. The SMILES string of the molecule is O=C(c1cccc(F)c1)N1CCC(c2cccc(CO)c2)=N1. The van der Waals surface area contributed by atoms with Crippen LogP contribution in [0.3, 0.4) is 0 Å². The zero-order valence-electron chi connectivity index (χ0n) is 11.9. The lowest BCUT2D eigenvalue weighted by Crippen LogP contribution is -2.23. The van der Waals surface area contributed by atoms with Crippen LogP contribution in [0.4, 0.5) is 4.39 Å². The molecule has 5 heteroatoms. The molecule has 3 rings (SSSR count). The number of hydrogen-bond acceptors (Lipinski definition) is 3. The lowest BCUT2D eigenvalue weighted by atomic mass is 10.1. The van der Waals surface area contributed by atoms with Crippen LogP contribution in [0.15, 0.2) is 53.6 Å². The van der Waals surface area contributed by atoms with Gasteiger partial charge in [0.1, 0.15) is 5.82 Å². The van der Waals surface area contributed by atoms with E-state index in [-0.39, 0.29) is 18.1 Å². The molecular formula is C17H15FN2O2. The topological polar surface area (TPSA) is 52.9 Å². The molecule has 2 aromatic rings. The van der Waals surface area contributed by atoms with Crippen molar-refractivity contribution >= 4 is 11.6 Å². The summed E-state index contributed by atoms with van der Waals surface area (Å²) in [6.45, 7) is 0.432. The van der Waals surface area contributed by atoms with Crippen LogP contribution < -0.4 is 0 Å². The number of aliphatic hydroxyl groups is 1. The Morgan fingerprint density at radius 1 is 1.23 bits per heavy atom. The lowest BCUT2D eigenvalue weighted by molar-refractivity contribution is 0.0778. The largest absolute Gasteiger partial charge is 0.392 e. The van der Waals surface area contributed by atoms with Crippen LogP contribution in [0.25, 0.3) is 0 Å². The Labute approximate surface area is 127 Å². The third-order valence-electron chi connectivity index (χ3n) is 3.55. The highest BCUT2D eigenvalue weighted by Crippen LogP contribution is 2.18. The van der Waals surface area contributed by atoms with Gasteiger partial charge in [-0.2, -0.15) is 5.10 Å². The maximum atomic E-state index is 13.2. The molecule has 1 N–H and O–H groups in total. The van der Waals surface area contributed by atoms with Gasteiger partial charge in [-0.1, -0.05) is 24.3 Å². The summed E-state index contributed by atoms with van der Waals surface area (Å²) in [5, 5.41) is 14.9. The second-order valence-electron chi connectivity index (χ2n) is 5.09. The van der Waals surface area contributed by atoms with Crippen LogP contribution in [-0.4, -0.2) is 28.3 Å². The summed E-state index contributed by atoms with van der Waals surface area (Å²) < 4.78 is 13.2. The lowest BCUT2D eigenvalue weighted by Gasteiger charge is -2.11. The molecule has 0 radical (unpaired) electrons. The van der Waals surface area contributed by atoms with Gasteiger partial charge in [0, 0.05) is 12.0 Å². The Morgan fingerprint density at radius 3 is 2.82 bits per heavy atom. The van der Waals surface area contributed by atoms with Crippen molar-refractivity contribution in [2.24, 2.45) is 5.10 Å². The van der Waals surface area contributed by atoms with Crippen molar-refractivity contribution in [1.82, 2.24) is 5.01 Å². The summed E-state index contributed by atoms with van der Waals surface area (Å²) in [4.78, 5) is 12.3. The zero-order chi connectivity index (χ0) is 15.5. The molecule has 0 unspecified atom stereocenters. The second-order valence-corrected chi connectivity index (χ2v) is 5.09. The number of hydrazone groups is 1. The number of amides is 1. The van der Waals surface area contributed by atoms with E-state index in [9.17, 15) is 14.3 Å². The molecule has 1 heterocycles. The number of benzene rings is 2. The molecule has 0 bridgehead atoms. The number of aliphatic hydroxyl groups excluding tert-OH is 1. The second kappa shape index (κ2) is 6.07. The van der Waals surface area contributed by atoms with Crippen LogP contribution in [0.2, 0.25) is 0 Å². The fourth-order valence-corrected chi connectivity index (χ4v) is 2.43. The predicted octanol–water partition coefficient (Wildman–Crippen LogP) is 2.57. The van der Waals surface area contributed by atoms with Crippen molar-refractivity contribution in [2.75, 3.05) is 6.54 Å². The highest BCUT2D eigenvalue weighted by Gasteiger charge is 2.23. The molecule has 0 saturated carbocycles. The number of carbonyl (C=O) groups excluding carboxylic acids is 1. The van der Waals surface area contributed by atoms with Crippen molar-refractivity contribution in [3.05, 3.63) is 71.0 Å². The van der Waals surface area contributed by atoms with Crippen molar-refractivity contribution in [1.29, 1.82) is 0 Å². The standard InChI is InChI=1S/C17H15FN2O2/c18-15-6-2-5-14(10-15)17(22)20-8-7-16(19-20)13-4-1-3-12(9-13)11-21/h1-6,9-10,21H,7-8,11H2. The number of carbonyl (C=O) groups is 1. The first-order chi connectivity index (χ1) is 10.7. The summed E-state index contributed by atoms with van der Waals surface area (Å²) in [5.41, 5.74) is 2.77. The molecule has 1 aliphatic heterocycles. The first-order valence-electron chi connectivity index (χ1n) is 7.02. The minimum Gasteiger partial charge on any atom is -0.392 e. The van der Waals surface area contributed by atoms with E-state index in [0.29, 0.717) is 13.0 Å². The minimum atomic E-state index is -0.440. The molecule has 1 amide bonds. The first kappa shape index (κ1) is 14.4. The van der Waals surface area contributed by atoms with E-state index in [1.54, 1.807) is 6.07 Å². The Kier molecular flexibility index (Phi) is 3.98. The van der Waals surface area contributed by atoms with Crippen LogP contribution in [0.1, 0.15) is 27.9 Å². The molecule has 0 spiro atoms. The zero-order valence-corrected chi connectivity index (χ0v) is 11.9. The van der Waals surface area contributed by atoms with Gasteiger partial charge in [0.25, 0.3) is 5.91 Å². The average molecular weight is 298 g/mol. The summed E-state index contributed by atoms with van der Waals surface area (Å²) in [5.74, 6) is -0.752. The van der Waals surface area contributed by atoms with Crippen molar-refractivity contribution in [2.45, 2.75) is 13.0 Å². The van der Waals surface area contributed by atoms with Crippen LogP contribution in [-0.2, 0) is 6.61 Å². The summed E-state index contributed by atoms with van der Waals surface area (Å²) in [6, 6.07) is 13.0. The molecule has 0 atom stereocenters. The molecule has 112 valence electrons. The van der Waals surface area contributed by atoms with Gasteiger partial charge >= 0.3 is 0 Å². The molecular weight excluding hydrogens is 283 g/mol. The highest BCUT2D eigenvalue weighted by atomic mass is 19.1. The Morgan fingerprint density at radius 2 is 2.05 bits per heavy atom. The normalized spacial score (nSPS) is 14.1. The van der Waals surface area contributed by atoms with E-state index in [0.717, 1.165) is 16.8 Å². The number of rotatable bonds is 3. The molecule has 0 saturated heterocycles. The van der Waals surface area contributed by atoms with Gasteiger partial charge in [-0.3, -0.25) is 4.79 Å². The Hall–Kier alpha value is -2.53. The molecule has 1 aliphatic rings. The van der Waals surface area contributed by atoms with Crippen LogP contribution >= 0.6 is 0 Å². The minimum absolute atomic E-state index is 0.0347. The van der Waals surface area contributed by atoms with Crippen molar-refractivity contribution in [3.8, 4) is 0 Å². The maximum absolute atomic E-state index is 13.2. The van der Waals surface area contributed by atoms with Crippen LogP contribution in [0, 0.1) is 5.82 Å². The molecule has 0 fully saturated rings. The van der Waals surface area contributed by atoms with Crippen LogP contribution in [0.5, 0.6) is 0 Å². The number of nitrogens with zero attached hydrogens (tertiary/aromatic N) is 2. The summed E-state index contributed by atoms with van der Waals surface area (Å²) in [7, 11) is 0. The van der Waals surface area contributed by atoms with Gasteiger partial charge in [0.2, 0.25) is 0 Å². The van der Waals surface area contributed by atoms with Gasteiger partial charge in [0.05, 0.1) is 18.9 Å². The third-order valence-corrected chi connectivity index (χ3v) is 3.55. The fourth-order valence-electron chi connectivity index (χ4n) is 2.43. The number of hydrogen-bond donors (Lipinski definition) is 1. The first-order valence-corrected chi connectivity index (χ1v) is 7.02. The molecule has 4 nitrogen and oxygen atoms in total. The Bertz CT molecular complexity index is 743. The quantitative estimate of drug-likeness (QED) is 0.947. The van der Waals surface area contributed by atoms with Gasteiger partial charge < -0.3 is 5.11 Å². The van der Waals surface area contributed by atoms with E-state index in [4.69, 9.17) is 0 Å². The highest BCUT2D eigenvalue weighted by molar-refractivity contribution is 6.04. The van der Waals surface area contributed by atoms with E-state index in [1.165, 1.54) is 23.2 Å². The molecule has 22 heavy (non-hydrogen) atoms. The molecule has 2 aromatic carbocycles. The Balaban J connectivity index is 1.83. The van der Waals surface area contributed by atoms with Gasteiger partial charge in [-0.15, -0.1) is 0 Å². The van der Waals surface area contributed by atoms with Gasteiger partial charge in [-0.05, 0) is 35.4 Å². The average Bonchev–Trinajstić information content (AvgIpc) is 3.04. The summed E-state index contributed by atoms with van der Waals surface area (Å²) in [6.07, 6.45) is 0.635. The van der Waals surface area contributed by atoms with Gasteiger partial charge in [0.15, 0.2) is 0 Å². The van der Waals surface area contributed by atoms with Crippen molar-refractivity contribution < 1.29 is 14.3 Å². The van der Waals surface area contributed by atoms with E-state index in [2.05, 4.69) is 5.10 Å². The maximum Gasteiger partial charge on any atom is 0.274 e. The monoisotopic (exact) mass is 298 g/mol. The number of halogens is 1. The van der Waals surface area contributed by atoms with E-state index in [1.807, 2.05) is 24.3 Å². The van der Waals surface area contributed by atoms with Gasteiger partial charge in [-0.25, -0.2) is 9.40 Å². The van der Waals surface area contributed by atoms with E-state index >= 15 is 0 Å².